The van der Waals surface area contributed by atoms with Crippen LogP contribution >= 0.6 is 11.6 Å². The molecule has 2 rings (SSSR count). The molecule has 3 N–H and O–H groups in total. The Hall–Kier alpha value is -1.29. The van der Waals surface area contributed by atoms with Crippen molar-refractivity contribution in [1.29, 1.82) is 0 Å². The average Bonchev–Trinajstić information content (AvgIpc) is 2.68. The van der Waals surface area contributed by atoms with Gasteiger partial charge in [-0.05, 0) is 44.0 Å². The Morgan fingerprint density at radius 2 is 1.94 bits per heavy atom. The second kappa shape index (κ2) is 5.57. The highest BCUT2D eigenvalue weighted by molar-refractivity contribution is 6.30. The number of halogens is 1. The number of hydrogen-bond donors (Lipinski definition) is 2. The van der Waals surface area contributed by atoms with Gasteiger partial charge in [0.1, 0.15) is 11.5 Å². The summed E-state index contributed by atoms with van der Waals surface area (Å²) >= 11 is 5.87. The zero-order valence-corrected chi connectivity index (χ0v) is 11.3. The molecule has 4 heteroatoms. The number of aryl methyl sites for hydroxylation is 2. The van der Waals surface area contributed by atoms with Crippen LogP contribution in [0.25, 0.3) is 0 Å². The number of furan rings is 1. The highest BCUT2D eigenvalue weighted by Crippen LogP contribution is 2.24. The van der Waals surface area contributed by atoms with E-state index in [0.29, 0.717) is 0 Å². The third-order valence-corrected chi connectivity index (χ3v) is 3.26. The van der Waals surface area contributed by atoms with Crippen molar-refractivity contribution in [2.45, 2.75) is 26.3 Å². The van der Waals surface area contributed by atoms with Crippen LogP contribution in [0.1, 0.15) is 28.7 Å². The van der Waals surface area contributed by atoms with E-state index in [0.717, 1.165) is 28.5 Å². The predicted octanol–water partition coefficient (Wildman–Crippen LogP) is 3.30. The lowest BCUT2D eigenvalue weighted by Gasteiger charge is -2.15. The van der Waals surface area contributed by atoms with Crippen molar-refractivity contribution in [3.05, 3.63) is 58.0 Å². The number of nitrogens with one attached hydrogen (secondary N) is 1. The Labute approximate surface area is 112 Å². The molecule has 1 aromatic carbocycles. The molecular weight excluding hydrogens is 248 g/mol. The quantitative estimate of drug-likeness (QED) is 0.658. The SMILES string of the molecule is Cc1cc(C(Cc2ccc(Cl)cc2)NN)c(C)o1. The van der Waals surface area contributed by atoms with Gasteiger partial charge in [0.25, 0.3) is 0 Å². The van der Waals surface area contributed by atoms with Crippen molar-refractivity contribution in [2.75, 3.05) is 0 Å². The molecule has 2 aromatic rings. The van der Waals surface area contributed by atoms with Gasteiger partial charge >= 0.3 is 0 Å². The summed E-state index contributed by atoms with van der Waals surface area (Å²) in [6.45, 7) is 3.89. The summed E-state index contributed by atoms with van der Waals surface area (Å²) in [5, 5.41) is 0.742. The van der Waals surface area contributed by atoms with Crippen LogP contribution in [0.2, 0.25) is 5.02 Å². The van der Waals surface area contributed by atoms with Gasteiger partial charge in [-0.3, -0.25) is 11.3 Å². The minimum atomic E-state index is 0.0450. The molecular formula is C14H17ClN2O. The van der Waals surface area contributed by atoms with Crippen molar-refractivity contribution in [1.82, 2.24) is 5.43 Å². The zero-order chi connectivity index (χ0) is 13.1. The molecule has 0 saturated heterocycles. The van der Waals surface area contributed by atoms with Crippen LogP contribution in [-0.2, 0) is 6.42 Å². The first-order valence-electron chi connectivity index (χ1n) is 5.87. The predicted molar refractivity (Wildman–Crippen MR) is 73.4 cm³/mol. The number of hydrogen-bond acceptors (Lipinski definition) is 3. The van der Waals surface area contributed by atoms with Gasteiger partial charge in [0.15, 0.2) is 0 Å². The van der Waals surface area contributed by atoms with Crippen molar-refractivity contribution >= 4 is 11.6 Å². The van der Waals surface area contributed by atoms with Crippen LogP contribution in [0.5, 0.6) is 0 Å². The molecule has 3 nitrogen and oxygen atoms in total. The van der Waals surface area contributed by atoms with Crippen LogP contribution in [0.4, 0.5) is 0 Å². The third kappa shape index (κ3) is 2.93. The average molecular weight is 265 g/mol. The second-order valence-electron chi connectivity index (χ2n) is 4.42. The minimum Gasteiger partial charge on any atom is -0.466 e. The summed E-state index contributed by atoms with van der Waals surface area (Å²) in [4.78, 5) is 0. The van der Waals surface area contributed by atoms with Gasteiger partial charge in [-0.2, -0.15) is 0 Å². The first kappa shape index (κ1) is 13.1. The largest absolute Gasteiger partial charge is 0.466 e. The molecule has 1 heterocycles. The Morgan fingerprint density at radius 1 is 1.28 bits per heavy atom. The first-order valence-corrected chi connectivity index (χ1v) is 6.25. The second-order valence-corrected chi connectivity index (χ2v) is 4.85. The van der Waals surface area contributed by atoms with Crippen LogP contribution < -0.4 is 11.3 Å². The Morgan fingerprint density at radius 3 is 2.44 bits per heavy atom. The number of nitrogens with two attached hydrogens (primary N) is 1. The van der Waals surface area contributed by atoms with Crippen LogP contribution in [0.3, 0.4) is 0 Å². The normalized spacial score (nSPS) is 12.7. The highest BCUT2D eigenvalue weighted by atomic mass is 35.5. The van der Waals surface area contributed by atoms with E-state index in [4.69, 9.17) is 21.9 Å². The van der Waals surface area contributed by atoms with Gasteiger partial charge in [0.2, 0.25) is 0 Å². The maximum Gasteiger partial charge on any atom is 0.105 e. The van der Waals surface area contributed by atoms with E-state index in [1.807, 2.05) is 44.2 Å². The summed E-state index contributed by atoms with van der Waals surface area (Å²) < 4.78 is 5.54. The van der Waals surface area contributed by atoms with E-state index in [9.17, 15) is 0 Å². The Bertz CT molecular complexity index is 519. The Balaban J connectivity index is 2.19. The maximum atomic E-state index is 5.87. The van der Waals surface area contributed by atoms with Crippen molar-refractivity contribution in [3.63, 3.8) is 0 Å². The third-order valence-electron chi connectivity index (χ3n) is 3.01. The molecule has 0 aliphatic carbocycles. The van der Waals surface area contributed by atoms with E-state index >= 15 is 0 Å². The molecule has 1 aromatic heterocycles. The fourth-order valence-electron chi connectivity index (χ4n) is 2.11. The van der Waals surface area contributed by atoms with E-state index in [2.05, 4.69) is 5.43 Å². The van der Waals surface area contributed by atoms with Gasteiger partial charge in [-0.15, -0.1) is 0 Å². The van der Waals surface area contributed by atoms with Crippen LogP contribution in [-0.4, -0.2) is 0 Å². The first-order chi connectivity index (χ1) is 8.60. The van der Waals surface area contributed by atoms with Gasteiger partial charge in [0, 0.05) is 10.6 Å². The molecule has 0 bridgehead atoms. The topological polar surface area (TPSA) is 51.2 Å². The maximum absolute atomic E-state index is 5.87. The van der Waals surface area contributed by atoms with E-state index < -0.39 is 0 Å². The molecule has 0 saturated carbocycles. The minimum absolute atomic E-state index is 0.0450. The van der Waals surface area contributed by atoms with Crippen molar-refractivity contribution in [2.24, 2.45) is 5.84 Å². The smallest absolute Gasteiger partial charge is 0.105 e. The summed E-state index contributed by atoms with van der Waals surface area (Å²) in [6.07, 6.45) is 0.799. The Kier molecular flexibility index (Phi) is 4.07. The molecule has 0 amide bonds. The molecule has 0 fully saturated rings. The van der Waals surface area contributed by atoms with Crippen molar-refractivity contribution < 1.29 is 4.42 Å². The molecule has 0 radical (unpaired) electrons. The monoisotopic (exact) mass is 264 g/mol. The summed E-state index contributed by atoms with van der Waals surface area (Å²) in [6, 6.07) is 9.86. The standard InChI is InChI=1S/C14H17ClN2O/c1-9-7-13(10(2)18-9)14(17-16)8-11-3-5-12(15)6-4-11/h3-7,14,17H,8,16H2,1-2H3. The van der Waals surface area contributed by atoms with Gasteiger partial charge < -0.3 is 4.42 Å². The molecule has 18 heavy (non-hydrogen) atoms. The molecule has 1 unspecified atom stereocenters. The lowest BCUT2D eigenvalue weighted by Crippen LogP contribution is -2.29. The van der Waals surface area contributed by atoms with Crippen molar-refractivity contribution in [3.8, 4) is 0 Å². The lowest BCUT2D eigenvalue weighted by atomic mass is 10.00. The molecule has 0 aliphatic heterocycles. The van der Waals surface area contributed by atoms with Crippen LogP contribution in [0, 0.1) is 13.8 Å². The van der Waals surface area contributed by atoms with E-state index in [1.165, 1.54) is 5.56 Å². The summed E-state index contributed by atoms with van der Waals surface area (Å²) in [7, 11) is 0. The number of hydrazine groups is 1. The van der Waals surface area contributed by atoms with E-state index in [1.54, 1.807) is 0 Å². The molecule has 0 spiro atoms. The van der Waals surface area contributed by atoms with Crippen LogP contribution in [0.15, 0.2) is 34.7 Å². The molecule has 0 aliphatic rings. The summed E-state index contributed by atoms with van der Waals surface area (Å²) in [5.41, 5.74) is 5.13. The fraction of sp³-hybridized carbons (Fsp3) is 0.286. The lowest BCUT2D eigenvalue weighted by molar-refractivity contribution is 0.484. The van der Waals surface area contributed by atoms with Gasteiger partial charge in [0.05, 0.1) is 6.04 Å². The number of benzene rings is 1. The van der Waals surface area contributed by atoms with Gasteiger partial charge in [-0.1, -0.05) is 23.7 Å². The van der Waals surface area contributed by atoms with E-state index in [-0.39, 0.29) is 6.04 Å². The van der Waals surface area contributed by atoms with Gasteiger partial charge in [-0.25, -0.2) is 0 Å². The zero-order valence-electron chi connectivity index (χ0n) is 10.5. The number of rotatable bonds is 4. The highest BCUT2D eigenvalue weighted by Gasteiger charge is 2.16. The molecule has 96 valence electrons. The summed E-state index contributed by atoms with van der Waals surface area (Å²) in [5.74, 6) is 7.45. The fourth-order valence-corrected chi connectivity index (χ4v) is 2.24. The molecule has 1 atom stereocenters.